The van der Waals surface area contributed by atoms with Crippen molar-refractivity contribution in [2.24, 2.45) is 5.92 Å². The number of carbonyl (C=O) groups is 2. The summed E-state index contributed by atoms with van der Waals surface area (Å²) < 4.78 is 37.2. The quantitative estimate of drug-likeness (QED) is 0.0968. The maximum absolute atomic E-state index is 13.8. The first-order valence-electron chi connectivity index (χ1n) is 16.2. The van der Waals surface area contributed by atoms with Crippen LogP contribution in [-0.4, -0.2) is 56.8 Å². The Morgan fingerprint density at radius 1 is 0.940 bits per heavy atom. The van der Waals surface area contributed by atoms with Crippen molar-refractivity contribution in [3.8, 4) is 11.5 Å². The molecule has 4 aromatic rings. The van der Waals surface area contributed by atoms with E-state index in [1.807, 2.05) is 0 Å². The van der Waals surface area contributed by atoms with Gasteiger partial charge in [0.15, 0.2) is 29.9 Å². The molecule has 10 nitrogen and oxygen atoms in total. The van der Waals surface area contributed by atoms with Crippen molar-refractivity contribution >= 4 is 40.8 Å². The van der Waals surface area contributed by atoms with Crippen molar-refractivity contribution in [1.82, 2.24) is 4.90 Å². The Kier molecular flexibility index (Phi) is 11.0. The number of fused-ring (bicyclic) bond motifs is 3. The van der Waals surface area contributed by atoms with Crippen molar-refractivity contribution in [3.63, 3.8) is 0 Å². The van der Waals surface area contributed by atoms with Crippen LogP contribution in [0.3, 0.4) is 0 Å². The summed E-state index contributed by atoms with van der Waals surface area (Å²) in [4.78, 5) is 29.5. The molecule has 0 radical (unpaired) electrons. The lowest BCUT2D eigenvalue weighted by atomic mass is 9.86. The summed E-state index contributed by atoms with van der Waals surface area (Å²) in [5.74, 6) is -0.292. The standard InChI is InChI=1S/C37H36Cl2FN3O7/c1-47-31-12-7-25(17-33(31)48-2)32(18-28-29(38)19-43(46)20-30(28)39)49-36(44)24-5-10-27(11-6-24)41-35(23-3-8-26(40)9-4-23)37(45)50-34-21-42-15-13-22(34)14-16-42/h3-12,17,19-20,22,32,34-35,41H,13-16,18,21H2,1-2H3/t32?,34-,35?/m0/s1. The van der Waals surface area contributed by atoms with Gasteiger partial charge in [-0.15, -0.1) is 0 Å². The lowest BCUT2D eigenvalue weighted by Crippen LogP contribution is -2.52. The number of benzene rings is 3. The zero-order valence-corrected chi connectivity index (χ0v) is 29.0. The minimum atomic E-state index is -0.911. The molecular weight excluding hydrogens is 688 g/mol. The Morgan fingerprint density at radius 2 is 1.58 bits per heavy atom. The number of anilines is 1. The number of pyridine rings is 1. The lowest BCUT2D eigenvalue weighted by molar-refractivity contribution is -0.605. The number of esters is 2. The average Bonchev–Trinajstić information content (AvgIpc) is 3.12. The topological polar surface area (TPSA) is 113 Å². The van der Waals surface area contributed by atoms with Crippen LogP contribution in [0.1, 0.15) is 52.0 Å². The molecule has 3 aliphatic rings. The van der Waals surface area contributed by atoms with Gasteiger partial charge in [0.2, 0.25) is 0 Å². The third-order valence-electron chi connectivity index (χ3n) is 9.21. The Bertz CT molecular complexity index is 1810. The molecule has 4 heterocycles. The van der Waals surface area contributed by atoms with Gasteiger partial charge in [-0.3, -0.25) is 4.90 Å². The second kappa shape index (κ2) is 15.5. The lowest BCUT2D eigenvalue weighted by Gasteiger charge is -2.44. The number of piperidine rings is 3. The number of carbonyl (C=O) groups excluding carboxylic acids is 2. The van der Waals surface area contributed by atoms with Crippen LogP contribution in [0.4, 0.5) is 10.1 Å². The number of hydrogen-bond donors (Lipinski definition) is 1. The maximum atomic E-state index is 13.8. The van der Waals surface area contributed by atoms with E-state index < -0.39 is 29.9 Å². The van der Waals surface area contributed by atoms with E-state index in [2.05, 4.69) is 10.2 Å². The predicted octanol–water partition coefficient (Wildman–Crippen LogP) is 6.71. The molecule has 0 spiro atoms. The number of nitrogens with zero attached hydrogens (tertiary/aromatic N) is 2. The van der Waals surface area contributed by atoms with Crippen molar-refractivity contribution in [2.75, 3.05) is 39.2 Å². The van der Waals surface area contributed by atoms with E-state index in [0.29, 0.717) is 51.1 Å². The molecule has 1 N–H and O–H groups in total. The van der Waals surface area contributed by atoms with Gasteiger partial charge < -0.3 is 29.5 Å². The Labute approximate surface area is 299 Å². The third kappa shape index (κ3) is 8.07. The predicted molar refractivity (Wildman–Crippen MR) is 185 cm³/mol. The average molecular weight is 725 g/mol. The summed E-state index contributed by atoms with van der Waals surface area (Å²) in [5.41, 5.74) is 2.30. The first-order valence-corrected chi connectivity index (χ1v) is 16.9. The molecule has 2 unspecified atom stereocenters. The molecular formula is C37H36Cl2FN3O7. The summed E-state index contributed by atoms with van der Waals surface area (Å²) in [6.45, 7) is 2.73. The van der Waals surface area contributed by atoms with Gasteiger partial charge in [0.05, 0.1) is 19.8 Å². The first kappa shape index (κ1) is 35.3. The second-order valence-corrected chi connectivity index (χ2v) is 13.1. The Morgan fingerprint density at radius 3 is 2.18 bits per heavy atom. The van der Waals surface area contributed by atoms with Crippen molar-refractivity contribution in [2.45, 2.75) is 37.5 Å². The molecule has 50 heavy (non-hydrogen) atoms. The normalized spacial score (nSPS) is 19.3. The van der Waals surface area contributed by atoms with Crippen LogP contribution in [0.15, 0.2) is 79.1 Å². The molecule has 0 saturated carbocycles. The van der Waals surface area contributed by atoms with Crippen LogP contribution in [0.2, 0.25) is 10.0 Å². The number of halogens is 3. The highest BCUT2D eigenvalue weighted by Gasteiger charge is 2.38. The summed E-state index contributed by atoms with van der Waals surface area (Å²) in [5, 5.41) is 15.3. The van der Waals surface area contributed by atoms with E-state index in [1.54, 1.807) is 54.6 Å². The van der Waals surface area contributed by atoms with Gasteiger partial charge in [-0.1, -0.05) is 41.4 Å². The molecule has 3 aromatic carbocycles. The number of methoxy groups -OCH3 is 2. The van der Waals surface area contributed by atoms with Gasteiger partial charge in [-0.2, -0.15) is 4.73 Å². The Hall–Kier alpha value is -4.58. The number of ether oxygens (including phenoxy) is 4. The van der Waals surface area contributed by atoms with E-state index in [0.717, 1.165) is 25.9 Å². The molecule has 3 saturated heterocycles. The number of hydrogen-bond acceptors (Lipinski definition) is 9. The molecule has 1 aromatic heterocycles. The third-order valence-corrected chi connectivity index (χ3v) is 9.86. The van der Waals surface area contributed by atoms with E-state index >= 15 is 0 Å². The fourth-order valence-electron chi connectivity index (χ4n) is 6.45. The highest BCUT2D eigenvalue weighted by Crippen LogP contribution is 2.36. The fourth-order valence-corrected chi connectivity index (χ4v) is 7.05. The summed E-state index contributed by atoms with van der Waals surface area (Å²) in [6.07, 6.45) is 3.29. The van der Waals surface area contributed by atoms with Crippen LogP contribution in [-0.2, 0) is 20.7 Å². The number of aromatic nitrogens is 1. The van der Waals surface area contributed by atoms with E-state index in [4.69, 9.17) is 42.1 Å². The molecule has 13 heteroatoms. The van der Waals surface area contributed by atoms with Crippen molar-refractivity contribution < 1.29 is 37.7 Å². The number of rotatable bonds is 12. The highest BCUT2D eigenvalue weighted by atomic mass is 35.5. The minimum Gasteiger partial charge on any atom is -0.619 e. The molecule has 0 amide bonds. The minimum absolute atomic E-state index is 0.0560. The second-order valence-electron chi connectivity index (χ2n) is 12.3. The van der Waals surface area contributed by atoms with Gasteiger partial charge in [0.25, 0.3) is 0 Å². The van der Waals surface area contributed by atoms with Gasteiger partial charge >= 0.3 is 11.9 Å². The highest BCUT2D eigenvalue weighted by molar-refractivity contribution is 6.35. The van der Waals surface area contributed by atoms with E-state index in [1.165, 1.54) is 38.7 Å². The number of nitrogens with one attached hydrogen (secondary N) is 1. The summed E-state index contributed by atoms with van der Waals surface area (Å²) in [7, 11) is 3.01. The molecule has 3 fully saturated rings. The van der Waals surface area contributed by atoms with Crippen LogP contribution < -0.4 is 19.5 Å². The monoisotopic (exact) mass is 723 g/mol. The first-order chi connectivity index (χ1) is 24.1. The zero-order chi connectivity index (χ0) is 35.4. The van der Waals surface area contributed by atoms with Crippen LogP contribution in [0.5, 0.6) is 11.5 Å². The van der Waals surface area contributed by atoms with Crippen molar-refractivity contribution in [3.05, 3.63) is 122 Å². The molecule has 3 aliphatic heterocycles. The van der Waals surface area contributed by atoms with Gasteiger partial charge in [0.1, 0.15) is 28.1 Å². The fraction of sp³-hybridized carbons (Fsp3) is 0.324. The van der Waals surface area contributed by atoms with Crippen molar-refractivity contribution in [1.29, 1.82) is 0 Å². The zero-order valence-electron chi connectivity index (χ0n) is 27.4. The summed E-state index contributed by atoms with van der Waals surface area (Å²) >= 11 is 12.8. The largest absolute Gasteiger partial charge is 0.619 e. The summed E-state index contributed by atoms with van der Waals surface area (Å²) in [6, 6.07) is 16.3. The van der Waals surface area contributed by atoms with E-state index in [9.17, 15) is 19.2 Å². The smallest absolute Gasteiger partial charge is 0.338 e. The molecule has 3 atom stereocenters. The van der Waals surface area contributed by atoms with Gasteiger partial charge in [-0.05, 0) is 91.5 Å². The van der Waals surface area contributed by atoms with Crippen LogP contribution in [0, 0.1) is 16.9 Å². The van der Waals surface area contributed by atoms with Gasteiger partial charge in [0, 0.05) is 24.2 Å². The molecule has 0 aliphatic carbocycles. The Balaban J connectivity index is 1.21. The van der Waals surface area contributed by atoms with Gasteiger partial charge in [-0.25, -0.2) is 14.0 Å². The van der Waals surface area contributed by atoms with Crippen LogP contribution >= 0.6 is 23.2 Å². The van der Waals surface area contributed by atoms with Crippen LogP contribution in [0.25, 0.3) is 0 Å². The molecule has 2 bridgehead atoms. The maximum Gasteiger partial charge on any atom is 0.338 e. The molecule has 262 valence electrons. The SMILES string of the molecule is COc1ccc(C(Cc2c(Cl)c[n+]([O-])cc2Cl)OC(=O)c2ccc(NC(C(=O)O[C@H]3CN4CCC3CC4)c3ccc(F)cc3)cc2)cc1OC. The molecule has 7 rings (SSSR count). The van der Waals surface area contributed by atoms with E-state index in [-0.39, 0.29) is 28.1 Å².